The second-order valence-corrected chi connectivity index (χ2v) is 8.06. The number of aromatic nitrogens is 2. The molecule has 9 nitrogen and oxygen atoms in total. The Hall–Kier alpha value is -2.55. The largest absolute Gasteiger partial charge is 0.348 e. The van der Waals surface area contributed by atoms with Crippen molar-refractivity contribution in [2.75, 3.05) is 6.54 Å². The van der Waals surface area contributed by atoms with Crippen LogP contribution in [0.3, 0.4) is 0 Å². The van der Waals surface area contributed by atoms with E-state index in [1.807, 2.05) is 13.8 Å². The van der Waals surface area contributed by atoms with Crippen LogP contribution in [0.1, 0.15) is 38.8 Å². The van der Waals surface area contributed by atoms with Crippen molar-refractivity contribution in [3.63, 3.8) is 0 Å². The molecule has 3 amide bonds. The molecule has 1 saturated carbocycles. The Kier molecular flexibility index (Phi) is 5.14. The highest BCUT2D eigenvalue weighted by atomic mass is 16.2. The zero-order valence-corrected chi connectivity index (χ0v) is 15.5. The van der Waals surface area contributed by atoms with Crippen LogP contribution < -0.4 is 11.1 Å². The number of hydrogen-bond donors (Lipinski definition) is 3. The smallest absolute Gasteiger partial charge is 0.249 e. The number of nitrogens with one attached hydrogen (secondary N) is 2. The van der Waals surface area contributed by atoms with Crippen LogP contribution in [0.15, 0.2) is 12.5 Å². The third kappa shape index (κ3) is 3.92. The van der Waals surface area contributed by atoms with Crippen molar-refractivity contribution >= 4 is 23.5 Å². The van der Waals surface area contributed by atoms with Gasteiger partial charge in [0.25, 0.3) is 0 Å². The van der Waals surface area contributed by atoms with Crippen molar-refractivity contribution in [2.45, 2.75) is 51.6 Å². The van der Waals surface area contributed by atoms with Gasteiger partial charge in [-0.3, -0.25) is 24.5 Å². The lowest BCUT2D eigenvalue weighted by molar-refractivity contribution is -0.146. The lowest BCUT2D eigenvalue weighted by atomic mass is 9.82. The van der Waals surface area contributed by atoms with E-state index in [4.69, 9.17) is 5.73 Å². The lowest BCUT2D eigenvalue weighted by Gasteiger charge is -2.33. The molecule has 4 N–H and O–H groups in total. The molecule has 1 aliphatic heterocycles. The van der Waals surface area contributed by atoms with Crippen LogP contribution in [-0.4, -0.2) is 57.0 Å². The Morgan fingerprint density at radius 3 is 2.67 bits per heavy atom. The van der Waals surface area contributed by atoms with Gasteiger partial charge in [-0.25, -0.2) is 4.98 Å². The fraction of sp³-hybridized carbons (Fsp3) is 0.611. The van der Waals surface area contributed by atoms with Gasteiger partial charge in [-0.2, -0.15) is 0 Å². The van der Waals surface area contributed by atoms with Crippen molar-refractivity contribution < 1.29 is 19.2 Å². The van der Waals surface area contributed by atoms with Crippen molar-refractivity contribution in [2.24, 2.45) is 17.1 Å². The number of hydrogen-bond acceptors (Lipinski definition) is 6. The Morgan fingerprint density at radius 1 is 1.37 bits per heavy atom. The minimum atomic E-state index is -0.811. The highest BCUT2D eigenvalue weighted by Crippen LogP contribution is 2.37. The number of rotatable bonds is 5. The number of amides is 3. The summed E-state index contributed by atoms with van der Waals surface area (Å²) in [5, 5.41) is 2.39. The first-order chi connectivity index (χ1) is 12.7. The van der Waals surface area contributed by atoms with Crippen LogP contribution >= 0.6 is 0 Å². The maximum Gasteiger partial charge on any atom is 0.249 e. The van der Waals surface area contributed by atoms with Gasteiger partial charge in [-0.1, -0.05) is 13.8 Å². The number of aromatic amines is 1. The monoisotopic (exact) mass is 375 g/mol. The van der Waals surface area contributed by atoms with E-state index in [9.17, 15) is 19.2 Å². The average molecular weight is 375 g/mol. The third-order valence-electron chi connectivity index (χ3n) is 5.46. The normalized spacial score (nSPS) is 23.0. The molecule has 0 aromatic carbocycles. The molecule has 0 bridgehead atoms. The Morgan fingerprint density at radius 2 is 2.07 bits per heavy atom. The number of nitrogens with zero attached hydrogens (tertiary/aromatic N) is 2. The maximum absolute atomic E-state index is 12.9. The minimum Gasteiger partial charge on any atom is -0.348 e. The van der Waals surface area contributed by atoms with Crippen LogP contribution in [0.4, 0.5) is 0 Å². The number of H-pyrrole nitrogens is 1. The molecule has 1 aromatic heterocycles. The third-order valence-corrected chi connectivity index (χ3v) is 5.46. The number of Topliss-reactive ketones (excluding diaryl/α,β-unsaturated/α-hetero) is 1. The van der Waals surface area contributed by atoms with Gasteiger partial charge >= 0.3 is 0 Å². The molecule has 2 aliphatic rings. The van der Waals surface area contributed by atoms with Gasteiger partial charge < -0.3 is 15.6 Å². The molecule has 0 radical (unpaired) electrons. The highest BCUT2D eigenvalue weighted by Gasteiger charge is 2.48. The summed E-state index contributed by atoms with van der Waals surface area (Å²) < 4.78 is 0. The van der Waals surface area contributed by atoms with Crippen LogP contribution in [0.2, 0.25) is 0 Å². The van der Waals surface area contributed by atoms with Crippen molar-refractivity contribution in [3.8, 4) is 0 Å². The first kappa shape index (κ1) is 19.2. The van der Waals surface area contributed by atoms with Crippen LogP contribution in [-0.2, 0) is 25.6 Å². The van der Waals surface area contributed by atoms with E-state index in [-0.39, 0.29) is 31.0 Å². The van der Waals surface area contributed by atoms with E-state index < -0.39 is 35.2 Å². The number of likely N-dealkylation sites (tertiary alicyclic amines) is 1. The Labute approximate surface area is 157 Å². The van der Waals surface area contributed by atoms with Crippen molar-refractivity contribution in [1.29, 1.82) is 0 Å². The first-order valence-corrected chi connectivity index (χ1v) is 9.09. The summed E-state index contributed by atoms with van der Waals surface area (Å²) in [4.78, 5) is 57.1. The standard InChI is InChI=1S/C18H25N5O4/c1-18(2)3-4-23(17(27)13(19)7-11-8-20-9-21-11)14(18)16(26)22-15(25)10-5-12(24)6-10/h8-10,13-14H,3-7,19H2,1-2H3,(H,20,21)(H,22,25,26)/t13-,14+/m0/s1. The number of ketones is 1. The van der Waals surface area contributed by atoms with E-state index in [0.717, 1.165) is 5.69 Å². The van der Waals surface area contributed by atoms with E-state index >= 15 is 0 Å². The lowest BCUT2D eigenvalue weighted by Crippen LogP contribution is -2.57. The fourth-order valence-corrected chi connectivity index (χ4v) is 3.73. The summed E-state index contributed by atoms with van der Waals surface area (Å²) >= 11 is 0. The van der Waals surface area contributed by atoms with E-state index in [0.29, 0.717) is 13.0 Å². The molecule has 1 saturated heterocycles. The molecule has 9 heteroatoms. The van der Waals surface area contributed by atoms with Crippen molar-refractivity contribution in [3.05, 3.63) is 18.2 Å². The number of imidazole rings is 1. The average Bonchev–Trinajstić information content (AvgIpc) is 3.17. The number of carbonyl (C=O) groups is 4. The van der Waals surface area contributed by atoms with Gasteiger partial charge in [0.1, 0.15) is 11.8 Å². The molecule has 2 fully saturated rings. The number of imide groups is 1. The van der Waals surface area contributed by atoms with Gasteiger partial charge in [-0.15, -0.1) is 0 Å². The molecular formula is C18H25N5O4. The van der Waals surface area contributed by atoms with Crippen molar-refractivity contribution in [1.82, 2.24) is 20.2 Å². The predicted molar refractivity (Wildman–Crippen MR) is 95.0 cm³/mol. The second kappa shape index (κ2) is 7.22. The molecule has 3 rings (SSSR count). The molecule has 2 heterocycles. The highest BCUT2D eigenvalue weighted by molar-refractivity contribution is 6.05. The molecule has 1 aromatic rings. The topological polar surface area (TPSA) is 138 Å². The summed E-state index contributed by atoms with van der Waals surface area (Å²) in [6.45, 7) is 4.18. The van der Waals surface area contributed by atoms with Crippen LogP contribution in [0, 0.1) is 11.3 Å². The maximum atomic E-state index is 12.9. The van der Waals surface area contributed by atoms with Gasteiger partial charge in [0.05, 0.1) is 18.3 Å². The SMILES string of the molecule is CC1(C)CCN(C(=O)[C@@H](N)Cc2cnc[nH]2)[C@@H]1C(=O)NC(=O)C1CC(=O)C1. The minimum absolute atomic E-state index is 0.0189. The molecular weight excluding hydrogens is 350 g/mol. The predicted octanol–water partition coefficient (Wildman–Crippen LogP) is -0.471. The fourth-order valence-electron chi connectivity index (χ4n) is 3.73. The molecule has 2 atom stereocenters. The van der Waals surface area contributed by atoms with Gasteiger partial charge in [-0.05, 0) is 11.8 Å². The summed E-state index contributed by atoms with van der Waals surface area (Å²) in [5.41, 5.74) is 6.31. The molecule has 0 spiro atoms. The molecule has 1 aliphatic carbocycles. The Balaban J connectivity index is 1.68. The van der Waals surface area contributed by atoms with Crippen LogP contribution in [0.25, 0.3) is 0 Å². The van der Waals surface area contributed by atoms with Gasteiger partial charge in [0, 0.05) is 37.7 Å². The van der Waals surface area contributed by atoms with E-state index in [1.54, 1.807) is 6.20 Å². The van der Waals surface area contributed by atoms with E-state index in [1.165, 1.54) is 11.2 Å². The zero-order chi connectivity index (χ0) is 19.8. The van der Waals surface area contributed by atoms with Crippen LogP contribution in [0.5, 0.6) is 0 Å². The zero-order valence-electron chi connectivity index (χ0n) is 15.5. The molecule has 146 valence electrons. The summed E-state index contributed by atoms with van der Waals surface area (Å²) in [6, 6.07) is -1.59. The number of nitrogens with two attached hydrogens (primary N) is 1. The summed E-state index contributed by atoms with van der Waals surface area (Å²) in [6.07, 6.45) is 4.37. The number of carbonyl (C=O) groups excluding carboxylic acids is 4. The van der Waals surface area contributed by atoms with E-state index in [2.05, 4.69) is 15.3 Å². The second-order valence-electron chi connectivity index (χ2n) is 8.06. The van der Waals surface area contributed by atoms with Gasteiger partial charge in [0.15, 0.2) is 0 Å². The first-order valence-electron chi connectivity index (χ1n) is 9.09. The molecule has 0 unspecified atom stereocenters. The summed E-state index contributed by atoms with van der Waals surface area (Å²) in [5.74, 6) is -1.72. The molecule has 27 heavy (non-hydrogen) atoms. The Bertz CT molecular complexity index is 750. The summed E-state index contributed by atoms with van der Waals surface area (Å²) in [7, 11) is 0. The van der Waals surface area contributed by atoms with Gasteiger partial charge in [0.2, 0.25) is 17.7 Å². The quantitative estimate of drug-likeness (QED) is 0.595.